The SMILES string of the molecule is CS(=O)(=O)c1cccc(Cl)c1CNCc1cncs1. The number of nitrogens with one attached hydrogen (secondary N) is 1. The van der Waals surface area contributed by atoms with E-state index in [0.717, 1.165) is 4.88 Å². The fourth-order valence-electron chi connectivity index (χ4n) is 1.70. The van der Waals surface area contributed by atoms with E-state index in [2.05, 4.69) is 10.3 Å². The molecule has 19 heavy (non-hydrogen) atoms. The van der Waals surface area contributed by atoms with E-state index in [1.807, 2.05) is 0 Å². The molecule has 0 amide bonds. The number of sulfone groups is 1. The maximum atomic E-state index is 11.7. The number of aromatic nitrogens is 1. The summed E-state index contributed by atoms with van der Waals surface area (Å²) in [6.45, 7) is 1.04. The van der Waals surface area contributed by atoms with Gasteiger partial charge in [0.25, 0.3) is 0 Å². The molecule has 0 atom stereocenters. The third-order valence-electron chi connectivity index (χ3n) is 2.56. The van der Waals surface area contributed by atoms with Gasteiger partial charge >= 0.3 is 0 Å². The Morgan fingerprint density at radius 3 is 2.79 bits per heavy atom. The van der Waals surface area contributed by atoms with Crippen molar-refractivity contribution in [1.82, 2.24) is 10.3 Å². The Labute approximate surface area is 121 Å². The van der Waals surface area contributed by atoms with Crippen molar-refractivity contribution in [3.05, 3.63) is 45.4 Å². The van der Waals surface area contributed by atoms with E-state index < -0.39 is 9.84 Å². The largest absolute Gasteiger partial charge is 0.308 e. The average Bonchev–Trinajstić information content (AvgIpc) is 2.82. The van der Waals surface area contributed by atoms with Crippen molar-refractivity contribution < 1.29 is 8.42 Å². The van der Waals surface area contributed by atoms with E-state index in [-0.39, 0.29) is 4.90 Å². The van der Waals surface area contributed by atoms with Crippen LogP contribution >= 0.6 is 22.9 Å². The summed E-state index contributed by atoms with van der Waals surface area (Å²) in [7, 11) is -3.27. The van der Waals surface area contributed by atoms with Gasteiger partial charge in [-0.05, 0) is 12.1 Å². The number of rotatable bonds is 5. The summed E-state index contributed by atoms with van der Waals surface area (Å²) in [5.74, 6) is 0. The molecule has 0 aliphatic rings. The Kier molecular flexibility index (Phi) is 4.57. The number of hydrogen-bond acceptors (Lipinski definition) is 5. The normalized spacial score (nSPS) is 11.7. The van der Waals surface area contributed by atoms with Crippen LogP contribution in [0.5, 0.6) is 0 Å². The zero-order valence-corrected chi connectivity index (χ0v) is 12.6. The predicted octanol–water partition coefficient (Wildman–Crippen LogP) is 2.49. The second-order valence-corrected chi connectivity index (χ2v) is 7.42. The highest BCUT2D eigenvalue weighted by Crippen LogP contribution is 2.24. The first-order valence-electron chi connectivity index (χ1n) is 5.54. The Morgan fingerprint density at radius 2 is 2.16 bits per heavy atom. The Balaban J connectivity index is 2.15. The molecule has 0 aliphatic carbocycles. The molecule has 0 spiro atoms. The van der Waals surface area contributed by atoms with Gasteiger partial charge in [-0.25, -0.2) is 8.42 Å². The van der Waals surface area contributed by atoms with Gasteiger partial charge in [-0.15, -0.1) is 11.3 Å². The van der Waals surface area contributed by atoms with Crippen LogP contribution in [0.1, 0.15) is 10.4 Å². The number of hydrogen-bond donors (Lipinski definition) is 1. The molecule has 0 bridgehead atoms. The highest BCUT2D eigenvalue weighted by atomic mass is 35.5. The first-order chi connectivity index (χ1) is 8.98. The monoisotopic (exact) mass is 316 g/mol. The van der Waals surface area contributed by atoms with E-state index in [1.54, 1.807) is 41.2 Å². The second kappa shape index (κ2) is 6.00. The van der Waals surface area contributed by atoms with Crippen LogP contribution in [0, 0.1) is 0 Å². The van der Waals surface area contributed by atoms with Crippen LogP contribution in [-0.2, 0) is 22.9 Å². The topological polar surface area (TPSA) is 59.1 Å². The van der Waals surface area contributed by atoms with Gasteiger partial charge in [0.05, 0.1) is 10.4 Å². The molecule has 102 valence electrons. The summed E-state index contributed by atoms with van der Waals surface area (Å²) in [6, 6.07) is 4.91. The molecule has 0 saturated heterocycles. The van der Waals surface area contributed by atoms with Gasteiger partial charge in [0.15, 0.2) is 9.84 Å². The minimum absolute atomic E-state index is 0.275. The van der Waals surface area contributed by atoms with Crippen LogP contribution in [0.25, 0.3) is 0 Å². The molecule has 1 heterocycles. The van der Waals surface area contributed by atoms with E-state index in [9.17, 15) is 8.42 Å². The zero-order valence-electron chi connectivity index (χ0n) is 10.3. The summed E-state index contributed by atoms with van der Waals surface area (Å²) in [5, 5.41) is 3.64. The molecule has 1 aromatic carbocycles. The molecule has 4 nitrogen and oxygen atoms in total. The predicted molar refractivity (Wildman–Crippen MR) is 77.2 cm³/mol. The molecular formula is C12H13ClN2O2S2. The number of benzene rings is 1. The molecule has 0 fully saturated rings. The van der Waals surface area contributed by atoms with E-state index in [0.29, 0.717) is 23.7 Å². The van der Waals surface area contributed by atoms with Crippen molar-refractivity contribution in [3.63, 3.8) is 0 Å². The Bertz CT molecular complexity index is 654. The first-order valence-corrected chi connectivity index (χ1v) is 8.69. The molecule has 0 saturated carbocycles. The molecule has 0 radical (unpaired) electrons. The zero-order chi connectivity index (χ0) is 13.9. The van der Waals surface area contributed by atoms with Crippen molar-refractivity contribution in [2.75, 3.05) is 6.26 Å². The maximum absolute atomic E-state index is 11.7. The van der Waals surface area contributed by atoms with Gasteiger partial charge in [0.2, 0.25) is 0 Å². The van der Waals surface area contributed by atoms with Gasteiger partial charge < -0.3 is 5.32 Å². The first kappa shape index (κ1) is 14.5. The highest BCUT2D eigenvalue weighted by molar-refractivity contribution is 7.90. The standard InChI is InChI=1S/C12H13ClN2O2S2/c1-19(16,17)12-4-2-3-11(13)10(12)7-14-5-9-6-15-8-18-9/h2-4,6,8,14H,5,7H2,1H3. The lowest BCUT2D eigenvalue weighted by Gasteiger charge is -2.10. The van der Waals surface area contributed by atoms with Crippen LogP contribution in [0.15, 0.2) is 34.8 Å². The average molecular weight is 317 g/mol. The van der Waals surface area contributed by atoms with E-state index >= 15 is 0 Å². The van der Waals surface area contributed by atoms with Crippen LogP contribution in [-0.4, -0.2) is 19.7 Å². The lowest BCUT2D eigenvalue weighted by atomic mass is 10.2. The summed E-state index contributed by atoms with van der Waals surface area (Å²) in [5.41, 5.74) is 2.37. The van der Waals surface area contributed by atoms with Crippen LogP contribution in [0.4, 0.5) is 0 Å². The number of nitrogens with zero attached hydrogens (tertiary/aromatic N) is 1. The molecule has 2 aromatic rings. The van der Waals surface area contributed by atoms with Crippen molar-refractivity contribution in [3.8, 4) is 0 Å². The molecule has 0 unspecified atom stereocenters. The Hall–Kier alpha value is -0.950. The fraction of sp³-hybridized carbons (Fsp3) is 0.250. The third-order valence-corrected chi connectivity index (χ3v) is 4.87. The fourth-order valence-corrected chi connectivity index (χ4v) is 3.52. The molecule has 7 heteroatoms. The Morgan fingerprint density at radius 1 is 1.37 bits per heavy atom. The smallest absolute Gasteiger partial charge is 0.175 e. The van der Waals surface area contributed by atoms with Crippen molar-refractivity contribution in [2.24, 2.45) is 0 Å². The second-order valence-electron chi connectivity index (χ2n) is 4.06. The maximum Gasteiger partial charge on any atom is 0.175 e. The van der Waals surface area contributed by atoms with Gasteiger partial charge in [-0.1, -0.05) is 17.7 Å². The summed E-state index contributed by atoms with van der Waals surface area (Å²) >= 11 is 7.63. The van der Waals surface area contributed by atoms with Crippen molar-refractivity contribution in [2.45, 2.75) is 18.0 Å². The molecule has 2 rings (SSSR count). The van der Waals surface area contributed by atoms with Gasteiger partial charge in [-0.3, -0.25) is 4.98 Å². The molecular weight excluding hydrogens is 304 g/mol. The van der Waals surface area contributed by atoms with E-state index in [4.69, 9.17) is 11.6 Å². The summed E-state index contributed by atoms with van der Waals surface area (Å²) in [6.07, 6.45) is 2.97. The van der Waals surface area contributed by atoms with Gasteiger partial charge in [0, 0.05) is 41.0 Å². The highest BCUT2D eigenvalue weighted by Gasteiger charge is 2.15. The third kappa shape index (κ3) is 3.76. The molecule has 1 N–H and O–H groups in total. The van der Waals surface area contributed by atoms with Crippen molar-refractivity contribution in [1.29, 1.82) is 0 Å². The summed E-state index contributed by atoms with van der Waals surface area (Å²) in [4.78, 5) is 5.34. The minimum Gasteiger partial charge on any atom is -0.308 e. The summed E-state index contributed by atoms with van der Waals surface area (Å²) < 4.78 is 23.4. The molecule has 1 aromatic heterocycles. The van der Waals surface area contributed by atoms with Gasteiger partial charge in [-0.2, -0.15) is 0 Å². The van der Waals surface area contributed by atoms with Gasteiger partial charge in [0.1, 0.15) is 0 Å². The lowest BCUT2D eigenvalue weighted by Crippen LogP contribution is -2.15. The minimum atomic E-state index is -3.27. The van der Waals surface area contributed by atoms with Crippen LogP contribution < -0.4 is 5.32 Å². The number of halogens is 1. The van der Waals surface area contributed by atoms with E-state index in [1.165, 1.54) is 6.26 Å². The van der Waals surface area contributed by atoms with Crippen molar-refractivity contribution >= 4 is 32.8 Å². The quantitative estimate of drug-likeness (QED) is 0.920. The lowest BCUT2D eigenvalue weighted by molar-refractivity contribution is 0.598. The van der Waals surface area contributed by atoms with Crippen LogP contribution in [0.2, 0.25) is 5.02 Å². The molecule has 0 aliphatic heterocycles. The van der Waals surface area contributed by atoms with Crippen LogP contribution in [0.3, 0.4) is 0 Å². The number of thiazole rings is 1.